The van der Waals surface area contributed by atoms with E-state index in [0.29, 0.717) is 6.42 Å². The van der Waals surface area contributed by atoms with E-state index in [0.717, 1.165) is 18.4 Å². The molecule has 2 nitrogen and oxygen atoms in total. The quantitative estimate of drug-likeness (QED) is 0.860. The molecule has 1 atom stereocenters. The number of benzene rings is 1. The van der Waals surface area contributed by atoms with Crippen LogP contribution in [0.25, 0.3) is 0 Å². The van der Waals surface area contributed by atoms with E-state index in [2.05, 4.69) is 0 Å². The molecule has 17 heavy (non-hydrogen) atoms. The van der Waals surface area contributed by atoms with Crippen LogP contribution in [0.15, 0.2) is 18.2 Å². The fraction of sp³-hybridized carbons (Fsp3) is 0.538. The second-order valence-electron chi connectivity index (χ2n) is 4.62. The van der Waals surface area contributed by atoms with Crippen LogP contribution < -0.4 is 10.5 Å². The van der Waals surface area contributed by atoms with Crippen molar-refractivity contribution >= 4 is 0 Å². The predicted octanol–water partition coefficient (Wildman–Crippen LogP) is 2.90. The number of alkyl halides is 1. The second kappa shape index (κ2) is 4.61. The minimum absolute atomic E-state index is 0.0929. The first-order valence-electron chi connectivity index (χ1n) is 5.91. The summed E-state index contributed by atoms with van der Waals surface area (Å²) in [5.41, 5.74) is 6.55. The van der Waals surface area contributed by atoms with Crippen LogP contribution in [0.3, 0.4) is 0 Å². The van der Waals surface area contributed by atoms with Gasteiger partial charge >= 0.3 is 0 Å². The van der Waals surface area contributed by atoms with E-state index in [-0.39, 0.29) is 17.9 Å². The molecule has 1 aliphatic rings. The van der Waals surface area contributed by atoms with Gasteiger partial charge in [-0.1, -0.05) is 13.0 Å². The summed E-state index contributed by atoms with van der Waals surface area (Å²) >= 11 is 0. The highest BCUT2D eigenvalue weighted by Crippen LogP contribution is 2.43. The van der Waals surface area contributed by atoms with Crippen molar-refractivity contribution in [2.24, 2.45) is 5.73 Å². The molecule has 1 aliphatic carbocycles. The zero-order valence-electron chi connectivity index (χ0n) is 9.88. The third kappa shape index (κ3) is 2.75. The van der Waals surface area contributed by atoms with E-state index < -0.39 is 12.0 Å². The normalized spacial score (nSPS) is 18.8. The van der Waals surface area contributed by atoms with Gasteiger partial charge in [0.15, 0.2) is 11.6 Å². The van der Waals surface area contributed by atoms with Crippen molar-refractivity contribution in [2.75, 3.05) is 6.61 Å². The van der Waals surface area contributed by atoms with Gasteiger partial charge in [-0.3, -0.25) is 0 Å². The number of rotatable bonds is 5. The summed E-state index contributed by atoms with van der Waals surface area (Å²) in [4.78, 5) is 0. The zero-order valence-corrected chi connectivity index (χ0v) is 9.88. The van der Waals surface area contributed by atoms with E-state index in [9.17, 15) is 8.78 Å². The Labute approximate surface area is 99.8 Å². The molecule has 0 aromatic heterocycles. The molecule has 1 aromatic carbocycles. The molecule has 0 spiro atoms. The van der Waals surface area contributed by atoms with Crippen LogP contribution in [0, 0.1) is 5.82 Å². The number of ether oxygens (including phenoxy) is 1. The minimum Gasteiger partial charge on any atom is -0.487 e. The lowest BCUT2D eigenvalue weighted by Gasteiger charge is -2.13. The second-order valence-corrected chi connectivity index (χ2v) is 4.62. The molecule has 1 fully saturated rings. The molecule has 2 rings (SSSR count). The molecule has 1 saturated carbocycles. The molecule has 0 heterocycles. The maximum atomic E-state index is 13.4. The van der Waals surface area contributed by atoms with Crippen LogP contribution >= 0.6 is 0 Å². The van der Waals surface area contributed by atoms with Gasteiger partial charge < -0.3 is 10.5 Å². The summed E-state index contributed by atoms with van der Waals surface area (Å²) in [6.07, 6.45) is 1.10. The first kappa shape index (κ1) is 12.3. The topological polar surface area (TPSA) is 35.2 Å². The van der Waals surface area contributed by atoms with E-state index in [1.165, 1.54) is 6.07 Å². The first-order valence-corrected chi connectivity index (χ1v) is 5.91. The number of nitrogens with two attached hydrogens (primary N) is 1. The van der Waals surface area contributed by atoms with Gasteiger partial charge in [0.1, 0.15) is 12.8 Å². The van der Waals surface area contributed by atoms with Crippen molar-refractivity contribution < 1.29 is 13.5 Å². The molecular formula is C13H17F2NO. The molecule has 0 aliphatic heterocycles. The van der Waals surface area contributed by atoms with Crippen molar-refractivity contribution in [2.45, 2.75) is 37.9 Å². The maximum absolute atomic E-state index is 13.4. The molecule has 0 amide bonds. The van der Waals surface area contributed by atoms with E-state index >= 15 is 0 Å². The zero-order chi connectivity index (χ0) is 12.5. The third-order valence-electron chi connectivity index (χ3n) is 3.16. The summed E-state index contributed by atoms with van der Waals surface area (Å²) in [7, 11) is 0. The van der Waals surface area contributed by atoms with Crippen LogP contribution in [0.4, 0.5) is 8.78 Å². The SMILES string of the molecule is CCC(F)COc1cc(C2(N)CC2)ccc1F. The Morgan fingerprint density at radius 2 is 2.18 bits per heavy atom. The first-order chi connectivity index (χ1) is 8.05. The predicted molar refractivity (Wildman–Crippen MR) is 62.2 cm³/mol. The fourth-order valence-corrected chi connectivity index (χ4v) is 1.65. The average Bonchev–Trinajstić information content (AvgIpc) is 3.07. The maximum Gasteiger partial charge on any atom is 0.165 e. The van der Waals surface area contributed by atoms with Gasteiger partial charge in [0.25, 0.3) is 0 Å². The van der Waals surface area contributed by atoms with Crippen LogP contribution in [0.5, 0.6) is 5.75 Å². The Morgan fingerprint density at radius 1 is 1.47 bits per heavy atom. The number of hydrogen-bond donors (Lipinski definition) is 1. The van der Waals surface area contributed by atoms with Crippen molar-refractivity contribution in [3.8, 4) is 5.75 Å². The van der Waals surface area contributed by atoms with Gasteiger partial charge in [-0.15, -0.1) is 0 Å². The largest absolute Gasteiger partial charge is 0.487 e. The molecule has 2 N–H and O–H groups in total. The summed E-state index contributed by atoms with van der Waals surface area (Å²) in [5, 5.41) is 0. The summed E-state index contributed by atoms with van der Waals surface area (Å²) in [5.74, 6) is -0.378. The number of halogens is 2. The van der Waals surface area contributed by atoms with Gasteiger partial charge in [0, 0.05) is 5.54 Å². The van der Waals surface area contributed by atoms with Gasteiger partial charge in [0.2, 0.25) is 0 Å². The van der Waals surface area contributed by atoms with E-state index in [1.54, 1.807) is 19.1 Å². The van der Waals surface area contributed by atoms with Crippen molar-refractivity contribution in [1.29, 1.82) is 0 Å². The van der Waals surface area contributed by atoms with Gasteiger partial charge in [-0.05, 0) is 37.0 Å². The van der Waals surface area contributed by atoms with Crippen molar-refractivity contribution in [3.05, 3.63) is 29.6 Å². The van der Waals surface area contributed by atoms with Crippen LogP contribution in [0.1, 0.15) is 31.7 Å². The average molecular weight is 241 g/mol. The van der Waals surface area contributed by atoms with Gasteiger partial charge in [-0.25, -0.2) is 8.78 Å². The highest BCUT2D eigenvalue weighted by molar-refractivity contribution is 5.37. The lowest BCUT2D eigenvalue weighted by molar-refractivity contribution is 0.186. The van der Waals surface area contributed by atoms with Crippen LogP contribution in [-0.2, 0) is 5.54 Å². The van der Waals surface area contributed by atoms with Gasteiger partial charge in [-0.2, -0.15) is 0 Å². The van der Waals surface area contributed by atoms with E-state index in [4.69, 9.17) is 10.5 Å². The molecule has 1 unspecified atom stereocenters. The van der Waals surface area contributed by atoms with Crippen molar-refractivity contribution in [3.63, 3.8) is 0 Å². The summed E-state index contributed by atoms with van der Waals surface area (Å²) in [6.45, 7) is 1.61. The highest BCUT2D eigenvalue weighted by Gasteiger charge is 2.40. The molecule has 0 radical (unpaired) electrons. The molecule has 0 bridgehead atoms. The smallest absolute Gasteiger partial charge is 0.165 e. The summed E-state index contributed by atoms with van der Waals surface area (Å²) < 4.78 is 31.6. The monoisotopic (exact) mass is 241 g/mol. The lowest BCUT2D eigenvalue weighted by atomic mass is 10.1. The van der Waals surface area contributed by atoms with E-state index in [1.807, 2.05) is 0 Å². The summed E-state index contributed by atoms with van der Waals surface area (Å²) in [6, 6.07) is 4.59. The molecular weight excluding hydrogens is 224 g/mol. The van der Waals surface area contributed by atoms with Gasteiger partial charge in [0.05, 0.1) is 0 Å². The standard InChI is InChI=1S/C13H17F2NO/c1-2-10(14)8-17-12-7-9(3-4-11(12)15)13(16)5-6-13/h3-4,7,10H,2,5-6,8,16H2,1H3. The number of hydrogen-bond acceptors (Lipinski definition) is 2. The lowest BCUT2D eigenvalue weighted by Crippen LogP contribution is -2.19. The Kier molecular flexibility index (Phi) is 3.33. The molecule has 4 heteroatoms. The van der Waals surface area contributed by atoms with Crippen LogP contribution in [0.2, 0.25) is 0 Å². The third-order valence-corrected chi connectivity index (χ3v) is 3.16. The Bertz CT molecular complexity index is 404. The minimum atomic E-state index is -1.06. The van der Waals surface area contributed by atoms with Crippen molar-refractivity contribution in [1.82, 2.24) is 0 Å². The molecule has 1 aromatic rings. The van der Waals surface area contributed by atoms with Crippen LogP contribution in [-0.4, -0.2) is 12.8 Å². The Balaban J connectivity index is 2.10. The highest BCUT2D eigenvalue weighted by atomic mass is 19.1. The molecule has 0 saturated heterocycles. The Hall–Kier alpha value is -1.16. The molecule has 94 valence electrons. The Morgan fingerprint density at radius 3 is 2.76 bits per heavy atom. The fourth-order valence-electron chi connectivity index (χ4n) is 1.65.